The molecule has 0 radical (unpaired) electrons. The predicted molar refractivity (Wildman–Crippen MR) is 110 cm³/mol. The van der Waals surface area contributed by atoms with Gasteiger partial charge in [0.1, 0.15) is 54.9 Å². The number of amides is 1. The van der Waals surface area contributed by atoms with Crippen LogP contribution in [0.5, 0.6) is 0 Å². The summed E-state index contributed by atoms with van der Waals surface area (Å²) in [5.41, 5.74) is 0. The number of rotatable bonds is 7. The molecule has 35 heavy (non-hydrogen) atoms. The Morgan fingerprint density at radius 1 is 0.829 bits per heavy atom. The Kier molecular flexibility index (Phi) is 9.78. The summed E-state index contributed by atoms with van der Waals surface area (Å²) >= 11 is 0. The van der Waals surface area contributed by atoms with E-state index in [0.717, 1.165) is 6.92 Å². The van der Waals surface area contributed by atoms with Crippen molar-refractivity contribution < 1.29 is 69.3 Å². The smallest absolute Gasteiger partial charge is 0.217 e. The normalized spacial score (nSPS) is 49.0. The molecule has 204 valence electrons. The molecule has 0 aromatic rings. The minimum absolute atomic E-state index is 0.129. The number of aliphatic hydroxyl groups is 8. The van der Waals surface area contributed by atoms with Crippen LogP contribution < -0.4 is 5.32 Å². The highest BCUT2D eigenvalue weighted by Crippen LogP contribution is 2.32. The Hall–Kier alpha value is -1.05. The van der Waals surface area contributed by atoms with Gasteiger partial charge in [0.2, 0.25) is 5.91 Å². The third kappa shape index (κ3) is 6.27. The quantitative estimate of drug-likeness (QED) is 0.155. The lowest BCUT2D eigenvalue weighted by atomic mass is 9.94. The molecular weight excluding hydrogens is 478 g/mol. The van der Waals surface area contributed by atoms with Gasteiger partial charge in [-0.05, 0) is 6.92 Å². The first kappa shape index (κ1) is 28.5. The third-order valence-electron chi connectivity index (χ3n) is 6.26. The summed E-state index contributed by atoms with van der Waals surface area (Å²) in [6.07, 6.45) is -18.6. The van der Waals surface area contributed by atoms with Crippen molar-refractivity contribution in [3.63, 3.8) is 0 Å². The van der Waals surface area contributed by atoms with E-state index < -0.39 is 105 Å². The standard InChI is InChI=1S/C20H35NO14/c1-6-3-8(25)12(26)19(31-6)34-16-10(5-23)32-18(30)11(21-7(2)24)17(16)35-20-15(29)14(28)13(27)9(4-22)33-20/h6,8-20,22-23,25-30H,3-5H2,1-2H3,(H,21,24)/t6-,8+,9+,10+,11+,12-,13-,14-,15+,16+,17+,18?,19-,20-/m0/s1. The van der Waals surface area contributed by atoms with Crippen molar-refractivity contribution in [2.45, 2.75) is 106 Å². The Labute approximate surface area is 200 Å². The van der Waals surface area contributed by atoms with Crippen LogP contribution in [0.3, 0.4) is 0 Å². The van der Waals surface area contributed by atoms with Gasteiger partial charge >= 0.3 is 0 Å². The molecule has 15 nitrogen and oxygen atoms in total. The number of carbonyl (C=O) groups excluding carboxylic acids is 1. The largest absolute Gasteiger partial charge is 0.394 e. The fraction of sp³-hybridized carbons (Fsp3) is 0.950. The molecule has 3 heterocycles. The van der Waals surface area contributed by atoms with Crippen molar-refractivity contribution in [2.24, 2.45) is 0 Å². The van der Waals surface area contributed by atoms with Crippen LogP contribution in [-0.2, 0) is 28.5 Å². The SMILES string of the molecule is CC(=O)N[C@H]1C(O)O[C@H](CO)[C@@H](O[C@@H]2O[C@@H](C)C[C@@H](O)[C@@H]2O)[C@@H]1O[C@@H]1O[C@H](CO)[C@H](O)[C@H](O)[C@H]1O. The van der Waals surface area contributed by atoms with Gasteiger partial charge < -0.3 is 69.9 Å². The molecule has 1 unspecified atom stereocenters. The van der Waals surface area contributed by atoms with Crippen molar-refractivity contribution in [2.75, 3.05) is 13.2 Å². The molecule has 3 saturated heterocycles. The average Bonchev–Trinajstić information content (AvgIpc) is 2.80. The van der Waals surface area contributed by atoms with E-state index in [-0.39, 0.29) is 6.42 Å². The van der Waals surface area contributed by atoms with Gasteiger partial charge in [-0.15, -0.1) is 0 Å². The van der Waals surface area contributed by atoms with Gasteiger partial charge in [-0.1, -0.05) is 0 Å². The number of hydrogen-bond acceptors (Lipinski definition) is 14. The average molecular weight is 513 g/mol. The molecule has 3 aliphatic rings. The molecular formula is C20H35NO14. The van der Waals surface area contributed by atoms with Crippen LogP contribution in [0.1, 0.15) is 20.3 Å². The minimum Gasteiger partial charge on any atom is -0.394 e. The van der Waals surface area contributed by atoms with Crippen molar-refractivity contribution >= 4 is 5.91 Å². The molecule has 0 aromatic heterocycles. The number of nitrogens with one attached hydrogen (secondary N) is 1. The van der Waals surface area contributed by atoms with Crippen molar-refractivity contribution in [1.82, 2.24) is 5.32 Å². The van der Waals surface area contributed by atoms with Crippen molar-refractivity contribution in [3.8, 4) is 0 Å². The van der Waals surface area contributed by atoms with Crippen LogP contribution >= 0.6 is 0 Å². The predicted octanol–water partition coefficient (Wildman–Crippen LogP) is -5.37. The summed E-state index contributed by atoms with van der Waals surface area (Å²) in [5, 5.41) is 83.3. The molecule has 3 rings (SSSR count). The maximum atomic E-state index is 11.8. The monoisotopic (exact) mass is 513 g/mol. The maximum Gasteiger partial charge on any atom is 0.217 e. The molecule has 0 aliphatic carbocycles. The van der Waals surface area contributed by atoms with Gasteiger partial charge in [-0.2, -0.15) is 0 Å². The van der Waals surface area contributed by atoms with Crippen LogP contribution in [0, 0.1) is 0 Å². The lowest BCUT2D eigenvalue weighted by Gasteiger charge is -2.49. The molecule has 15 heteroatoms. The van der Waals surface area contributed by atoms with Crippen LogP contribution in [0.15, 0.2) is 0 Å². The first-order chi connectivity index (χ1) is 16.5. The van der Waals surface area contributed by atoms with E-state index in [2.05, 4.69) is 5.32 Å². The Balaban J connectivity index is 1.92. The summed E-state index contributed by atoms with van der Waals surface area (Å²) in [6.45, 7) is 1.34. The van der Waals surface area contributed by atoms with E-state index in [4.69, 9.17) is 23.7 Å². The van der Waals surface area contributed by atoms with Gasteiger partial charge in [-0.25, -0.2) is 0 Å². The van der Waals surface area contributed by atoms with Crippen molar-refractivity contribution in [3.05, 3.63) is 0 Å². The summed E-state index contributed by atoms with van der Waals surface area (Å²) in [5.74, 6) is -0.612. The van der Waals surface area contributed by atoms with Gasteiger partial charge in [0, 0.05) is 13.3 Å². The van der Waals surface area contributed by atoms with Crippen LogP contribution in [-0.4, -0.2) is 146 Å². The Bertz CT molecular complexity index is 699. The number of hydrogen-bond donors (Lipinski definition) is 9. The van der Waals surface area contributed by atoms with Crippen LogP contribution in [0.25, 0.3) is 0 Å². The molecule has 0 spiro atoms. The van der Waals surface area contributed by atoms with E-state index in [0.29, 0.717) is 0 Å². The van der Waals surface area contributed by atoms with Crippen molar-refractivity contribution in [1.29, 1.82) is 0 Å². The van der Waals surface area contributed by atoms with Gasteiger partial charge in [-0.3, -0.25) is 4.79 Å². The fourth-order valence-electron chi connectivity index (χ4n) is 4.41. The lowest BCUT2D eigenvalue weighted by molar-refractivity contribution is -0.365. The first-order valence-corrected chi connectivity index (χ1v) is 11.3. The molecule has 0 aromatic carbocycles. The molecule has 0 saturated carbocycles. The van der Waals surface area contributed by atoms with Gasteiger partial charge in [0.05, 0.1) is 25.4 Å². The minimum atomic E-state index is -1.82. The number of aliphatic hydroxyl groups excluding tert-OH is 8. The molecule has 0 bridgehead atoms. The zero-order chi connectivity index (χ0) is 26.0. The highest BCUT2D eigenvalue weighted by atomic mass is 16.7. The highest BCUT2D eigenvalue weighted by Gasteiger charge is 2.53. The summed E-state index contributed by atoms with van der Waals surface area (Å²) < 4.78 is 28.0. The Morgan fingerprint density at radius 2 is 1.43 bits per heavy atom. The first-order valence-electron chi connectivity index (χ1n) is 11.3. The summed E-state index contributed by atoms with van der Waals surface area (Å²) in [6, 6.07) is -1.37. The zero-order valence-electron chi connectivity index (χ0n) is 19.2. The molecule has 3 fully saturated rings. The second kappa shape index (κ2) is 12.0. The van der Waals surface area contributed by atoms with E-state index >= 15 is 0 Å². The topological polar surface area (TPSA) is 237 Å². The second-order valence-corrected chi connectivity index (χ2v) is 8.98. The number of carbonyl (C=O) groups is 1. The maximum absolute atomic E-state index is 11.8. The second-order valence-electron chi connectivity index (χ2n) is 8.98. The molecule has 9 N–H and O–H groups in total. The van der Waals surface area contributed by atoms with E-state index in [1.165, 1.54) is 0 Å². The Morgan fingerprint density at radius 3 is 2.03 bits per heavy atom. The molecule has 14 atom stereocenters. The summed E-state index contributed by atoms with van der Waals surface area (Å²) in [4.78, 5) is 11.8. The molecule has 1 amide bonds. The van der Waals surface area contributed by atoms with Crippen LogP contribution in [0.2, 0.25) is 0 Å². The molecule has 3 aliphatic heterocycles. The van der Waals surface area contributed by atoms with E-state index in [1.807, 2.05) is 0 Å². The van der Waals surface area contributed by atoms with E-state index in [9.17, 15) is 45.6 Å². The summed E-state index contributed by atoms with van der Waals surface area (Å²) in [7, 11) is 0. The lowest BCUT2D eigenvalue weighted by Crippen LogP contribution is -2.69. The number of ether oxygens (including phenoxy) is 5. The highest BCUT2D eigenvalue weighted by molar-refractivity contribution is 5.73. The van der Waals surface area contributed by atoms with E-state index in [1.54, 1.807) is 6.92 Å². The third-order valence-corrected chi connectivity index (χ3v) is 6.26. The van der Waals surface area contributed by atoms with Gasteiger partial charge in [0.15, 0.2) is 18.9 Å². The fourth-order valence-corrected chi connectivity index (χ4v) is 4.41. The van der Waals surface area contributed by atoms with Gasteiger partial charge in [0.25, 0.3) is 0 Å². The zero-order valence-corrected chi connectivity index (χ0v) is 19.2. The van der Waals surface area contributed by atoms with Crippen LogP contribution in [0.4, 0.5) is 0 Å².